The Labute approximate surface area is 112 Å². The smallest absolute Gasteiger partial charge is 0.0256 e. The molecule has 4 atom stereocenters. The molecule has 1 heteroatoms. The van der Waals surface area contributed by atoms with Gasteiger partial charge in [0.25, 0.3) is 0 Å². The quantitative estimate of drug-likeness (QED) is 0.635. The summed E-state index contributed by atoms with van der Waals surface area (Å²) in [5.41, 5.74) is 10.8. The van der Waals surface area contributed by atoms with Crippen molar-refractivity contribution < 1.29 is 0 Å². The number of hydrogen-bond acceptors (Lipinski definition) is 1. The van der Waals surface area contributed by atoms with Gasteiger partial charge in [-0.1, -0.05) is 38.8 Å². The average molecular weight is 247 g/mol. The molecule has 0 heterocycles. The van der Waals surface area contributed by atoms with Gasteiger partial charge in [-0.3, -0.25) is 0 Å². The summed E-state index contributed by atoms with van der Waals surface area (Å²) in [7, 11) is 0. The average Bonchev–Trinajstić information content (AvgIpc) is 2.49. The molecular weight excluding hydrogens is 218 g/mol. The van der Waals surface area contributed by atoms with Crippen LogP contribution in [0.15, 0.2) is 11.1 Å². The Balaban J connectivity index is 2.04. The van der Waals surface area contributed by atoms with E-state index in [9.17, 15) is 0 Å². The van der Waals surface area contributed by atoms with Crippen LogP contribution in [0.5, 0.6) is 0 Å². The molecule has 3 aliphatic rings. The fourth-order valence-electron chi connectivity index (χ4n) is 5.17. The molecule has 0 aromatic carbocycles. The maximum Gasteiger partial charge on any atom is 0.0256 e. The van der Waals surface area contributed by atoms with Crippen LogP contribution in [0.25, 0.3) is 0 Å². The van der Waals surface area contributed by atoms with Crippen LogP contribution < -0.4 is 5.73 Å². The molecule has 0 radical (unpaired) electrons. The van der Waals surface area contributed by atoms with Crippen molar-refractivity contribution >= 4 is 0 Å². The molecule has 0 spiro atoms. The summed E-state index contributed by atoms with van der Waals surface area (Å²) in [6, 6.07) is 0.386. The van der Waals surface area contributed by atoms with E-state index in [0.717, 1.165) is 11.8 Å². The van der Waals surface area contributed by atoms with E-state index >= 15 is 0 Å². The van der Waals surface area contributed by atoms with E-state index < -0.39 is 0 Å². The summed E-state index contributed by atoms with van der Waals surface area (Å²) in [5, 5.41) is 0. The predicted octanol–water partition coefficient (Wildman–Crippen LogP) is 4.28. The maximum absolute atomic E-state index is 6.36. The maximum atomic E-state index is 6.36. The topological polar surface area (TPSA) is 26.0 Å². The minimum absolute atomic E-state index is 0.386. The van der Waals surface area contributed by atoms with Gasteiger partial charge in [-0.05, 0) is 61.2 Å². The Morgan fingerprint density at radius 2 is 1.83 bits per heavy atom. The Morgan fingerprint density at radius 1 is 1.11 bits per heavy atom. The second-order valence-corrected chi connectivity index (χ2v) is 7.88. The third kappa shape index (κ3) is 1.43. The number of fused-ring (bicyclic) bond motifs is 2. The second-order valence-electron chi connectivity index (χ2n) is 7.88. The fraction of sp³-hybridized carbons (Fsp3) is 0.882. The van der Waals surface area contributed by atoms with Crippen LogP contribution in [0.1, 0.15) is 66.2 Å². The molecule has 3 rings (SSSR count). The third-order valence-corrected chi connectivity index (χ3v) is 7.22. The third-order valence-electron chi connectivity index (χ3n) is 7.22. The highest BCUT2D eigenvalue weighted by Gasteiger charge is 2.57. The number of allylic oxidation sites excluding steroid dienone is 1. The monoisotopic (exact) mass is 247 g/mol. The van der Waals surface area contributed by atoms with Gasteiger partial charge in [-0.15, -0.1) is 0 Å². The first-order valence-corrected chi connectivity index (χ1v) is 7.85. The van der Waals surface area contributed by atoms with Gasteiger partial charge in [-0.2, -0.15) is 0 Å². The van der Waals surface area contributed by atoms with Gasteiger partial charge in [0, 0.05) is 6.04 Å². The SMILES string of the molecule is CC1CC2C3=C(CCC2(C)C1(C)C)[C@@H](N)CCC3. The Bertz CT molecular complexity index is 392. The van der Waals surface area contributed by atoms with Gasteiger partial charge in [0.2, 0.25) is 0 Å². The van der Waals surface area contributed by atoms with E-state index in [0.29, 0.717) is 16.9 Å². The van der Waals surface area contributed by atoms with Crippen LogP contribution >= 0.6 is 0 Å². The van der Waals surface area contributed by atoms with Crippen LogP contribution in [0.4, 0.5) is 0 Å². The van der Waals surface area contributed by atoms with Crippen molar-refractivity contribution in [1.82, 2.24) is 0 Å². The molecule has 18 heavy (non-hydrogen) atoms. The van der Waals surface area contributed by atoms with Gasteiger partial charge in [-0.25, -0.2) is 0 Å². The van der Waals surface area contributed by atoms with Crippen molar-refractivity contribution in [1.29, 1.82) is 0 Å². The van der Waals surface area contributed by atoms with Crippen LogP contribution in [0, 0.1) is 22.7 Å². The molecule has 3 aliphatic carbocycles. The Morgan fingerprint density at radius 3 is 2.56 bits per heavy atom. The van der Waals surface area contributed by atoms with E-state index in [1.807, 2.05) is 0 Å². The van der Waals surface area contributed by atoms with Crippen LogP contribution in [0.3, 0.4) is 0 Å². The van der Waals surface area contributed by atoms with E-state index in [1.165, 1.54) is 38.5 Å². The zero-order valence-corrected chi connectivity index (χ0v) is 12.6. The summed E-state index contributed by atoms with van der Waals surface area (Å²) in [6.45, 7) is 10.0. The van der Waals surface area contributed by atoms with E-state index in [-0.39, 0.29) is 0 Å². The Hall–Kier alpha value is -0.300. The number of rotatable bonds is 0. The van der Waals surface area contributed by atoms with Crippen molar-refractivity contribution in [2.45, 2.75) is 72.3 Å². The first-order valence-electron chi connectivity index (χ1n) is 7.85. The van der Waals surface area contributed by atoms with Crippen molar-refractivity contribution in [3.8, 4) is 0 Å². The molecule has 0 bridgehead atoms. The van der Waals surface area contributed by atoms with Crippen molar-refractivity contribution in [3.05, 3.63) is 11.1 Å². The normalized spacial score (nSPS) is 46.8. The number of nitrogens with two attached hydrogens (primary N) is 1. The minimum atomic E-state index is 0.386. The molecule has 1 fully saturated rings. The van der Waals surface area contributed by atoms with Gasteiger partial charge in [0.15, 0.2) is 0 Å². The van der Waals surface area contributed by atoms with Gasteiger partial charge < -0.3 is 5.73 Å². The summed E-state index contributed by atoms with van der Waals surface area (Å²) in [4.78, 5) is 0. The van der Waals surface area contributed by atoms with Gasteiger partial charge in [0.1, 0.15) is 0 Å². The van der Waals surface area contributed by atoms with Crippen molar-refractivity contribution in [3.63, 3.8) is 0 Å². The predicted molar refractivity (Wildman–Crippen MR) is 77.2 cm³/mol. The fourth-order valence-corrected chi connectivity index (χ4v) is 5.17. The Kier molecular flexibility index (Phi) is 2.72. The lowest BCUT2D eigenvalue weighted by Crippen LogP contribution is -2.42. The summed E-state index contributed by atoms with van der Waals surface area (Å²) in [5.74, 6) is 1.68. The van der Waals surface area contributed by atoms with Crippen LogP contribution in [0.2, 0.25) is 0 Å². The highest BCUT2D eigenvalue weighted by Crippen LogP contribution is 2.66. The van der Waals surface area contributed by atoms with Crippen LogP contribution in [-0.4, -0.2) is 6.04 Å². The lowest BCUT2D eigenvalue weighted by Gasteiger charge is -2.49. The van der Waals surface area contributed by atoms with E-state index in [4.69, 9.17) is 5.73 Å². The van der Waals surface area contributed by atoms with Gasteiger partial charge in [0.05, 0.1) is 0 Å². The van der Waals surface area contributed by atoms with E-state index in [2.05, 4.69) is 27.7 Å². The lowest BCUT2D eigenvalue weighted by molar-refractivity contribution is 0.0529. The standard InChI is InChI=1S/C17H29N/c1-11-10-14-12-6-5-7-15(18)13(12)8-9-17(14,4)16(11,2)3/h11,14-15H,5-10,18H2,1-4H3/t11?,14?,15-,17?/m0/s1. The molecule has 102 valence electrons. The molecule has 3 unspecified atom stereocenters. The summed E-state index contributed by atoms with van der Waals surface area (Å²) in [6.07, 6.45) is 7.92. The van der Waals surface area contributed by atoms with Crippen molar-refractivity contribution in [2.75, 3.05) is 0 Å². The highest BCUT2D eigenvalue weighted by atomic mass is 14.7. The number of hydrogen-bond donors (Lipinski definition) is 1. The first-order chi connectivity index (χ1) is 8.38. The zero-order chi connectivity index (χ0) is 13.1. The highest BCUT2D eigenvalue weighted by molar-refractivity contribution is 5.32. The van der Waals surface area contributed by atoms with Gasteiger partial charge >= 0.3 is 0 Å². The largest absolute Gasteiger partial charge is 0.324 e. The van der Waals surface area contributed by atoms with E-state index in [1.54, 1.807) is 11.1 Å². The molecule has 2 N–H and O–H groups in total. The molecule has 0 aromatic heterocycles. The molecule has 0 amide bonds. The molecule has 1 saturated carbocycles. The molecule has 0 aromatic rings. The lowest BCUT2D eigenvalue weighted by atomic mass is 9.55. The zero-order valence-electron chi connectivity index (χ0n) is 12.6. The molecule has 0 aliphatic heterocycles. The minimum Gasteiger partial charge on any atom is -0.324 e. The summed E-state index contributed by atoms with van der Waals surface area (Å²) >= 11 is 0. The molecule has 1 nitrogen and oxygen atoms in total. The molecule has 0 saturated heterocycles. The van der Waals surface area contributed by atoms with Crippen LogP contribution in [-0.2, 0) is 0 Å². The van der Waals surface area contributed by atoms with Crippen molar-refractivity contribution in [2.24, 2.45) is 28.4 Å². The summed E-state index contributed by atoms with van der Waals surface area (Å²) < 4.78 is 0. The second kappa shape index (κ2) is 3.85. The first kappa shape index (κ1) is 12.7. The molecular formula is C17H29N.